The molecule has 1 aromatic rings. The van der Waals surface area contributed by atoms with Crippen molar-refractivity contribution in [2.45, 2.75) is 27.2 Å². The molecule has 0 aliphatic heterocycles. The molecule has 0 spiro atoms. The molecule has 2 N–H and O–H groups in total. The molecule has 0 radical (unpaired) electrons. The number of aromatic nitrogens is 1. The number of amides is 1. The first-order valence-corrected chi connectivity index (χ1v) is 6.74. The number of nitriles is 1. The van der Waals surface area contributed by atoms with Crippen LogP contribution in [0.3, 0.4) is 0 Å². The first-order chi connectivity index (χ1) is 9.85. The van der Waals surface area contributed by atoms with Crippen molar-refractivity contribution in [3.63, 3.8) is 0 Å². The summed E-state index contributed by atoms with van der Waals surface area (Å²) in [6, 6.07) is 4.96. The number of aryl methyl sites for hydroxylation is 1. The van der Waals surface area contributed by atoms with E-state index in [1.807, 2.05) is 19.9 Å². The highest BCUT2D eigenvalue weighted by Crippen LogP contribution is 2.11. The van der Waals surface area contributed by atoms with Gasteiger partial charge in [0.25, 0.3) is 5.91 Å². The Morgan fingerprint density at radius 2 is 2.10 bits per heavy atom. The molecule has 0 aliphatic rings. The molecule has 112 valence electrons. The Kier molecular flexibility index (Phi) is 5.85. The van der Waals surface area contributed by atoms with Crippen LogP contribution in [0.4, 0.5) is 0 Å². The third kappa shape index (κ3) is 4.88. The lowest BCUT2D eigenvalue weighted by molar-refractivity contribution is -0.142. The maximum absolute atomic E-state index is 12.0. The zero-order chi connectivity index (χ0) is 16.0. The first kappa shape index (κ1) is 16.6. The van der Waals surface area contributed by atoms with E-state index >= 15 is 0 Å². The third-order valence-electron chi connectivity index (χ3n) is 3.05. The summed E-state index contributed by atoms with van der Waals surface area (Å²) in [7, 11) is 0. The van der Waals surface area contributed by atoms with E-state index in [0.717, 1.165) is 0 Å². The van der Waals surface area contributed by atoms with E-state index < -0.39 is 17.8 Å². The highest BCUT2D eigenvalue weighted by Gasteiger charge is 2.20. The van der Waals surface area contributed by atoms with Gasteiger partial charge in [-0.15, -0.1) is 0 Å². The second-order valence-electron chi connectivity index (χ2n) is 5.32. The van der Waals surface area contributed by atoms with Crippen LogP contribution in [0.25, 0.3) is 0 Å². The van der Waals surface area contributed by atoms with Crippen LogP contribution in [0.1, 0.15) is 42.0 Å². The molecule has 0 fully saturated rings. The van der Waals surface area contributed by atoms with Crippen LogP contribution >= 0.6 is 0 Å². The molecular weight excluding hydrogens is 270 g/mol. The van der Waals surface area contributed by atoms with Crippen molar-refractivity contribution in [3.05, 3.63) is 29.1 Å². The van der Waals surface area contributed by atoms with E-state index in [1.54, 1.807) is 6.92 Å². The number of pyridine rings is 1. The lowest BCUT2D eigenvalue weighted by atomic mass is 9.97. The van der Waals surface area contributed by atoms with Gasteiger partial charge in [-0.05, 0) is 31.4 Å². The summed E-state index contributed by atoms with van der Waals surface area (Å²) in [5, 5.41) is 20.5. The van der Waals surface area contributed by atoms with Gasteiger partial charge in [0.2, 0.25) is 0 Å². The molecule has 21 heavy (non-hydrogen) atoms. The number of carbonyl (C=O) groups excluding carboxylic acids is 1. The van der Waals surface area contributed by atoms with Gasteiger partial charge in [-0.1, -0.05) is 13.8 Å². The standard InChI is InChI=1S/C15H19N3O3/c1-9(2)6-12(15(20)21)8-17-14(19)13-5-4-11(7-16)10(3)18-13/h4-5,9,12H,6,8H2,1-3H3,(H,17,19)(H,20,21). The molecular formula is C15H19N3O3. The number of carbonyl (C=O) groups is 2. The zero-order valence-corrected chi connectivity index (χ0v) is 12.4. The smallest absolute Gasteiger partial charge is 0.308 e. The number of hydrogen-bond acceptors (Lipinski definition) is 4. The van der Waals surface area contributed by atoms with Gasteiger partial charge in [-0.3, -0.25) is 9.59 Å². The molecule has 1 amide bonds. The average Bonchev–Trinajstić information content (AvgIpc) is 2.42. The number of carboxylic acids is 1. The minimum Gasteiger partial charge on any atom is -0.481 e. The second-order valence-corrected chi connectivity index (χ2v) is 5.32. The maximum atomic E-state index is 12.0. The number of aliphatic carboxylic acids is 1. The summed E-state index contributed by atoms with van der Waals surface area (Å²) in [6.45, 7) is 5.58. The Morgan fingerprint density at radius 1 is 1.43 bits per heavy atom. The molecule has 0 bridgehead atoms. The van der Waals surface area contributed by atoms with Crippen molar-refractivity contribution in [1.82, 2.24) is 10.3 Å². The minimum atomic E-state index is -0.923. The van der Waals surface area contributed by atoms with Gasteiger partial charge in [0.1, 0.15) is 11.8 Å². The topological polar surface area (TPSA) is 103 Å². The fourth-order valence-electron chi connectivity index (χ4n) is 1.95. The lowest BCUT2D eigenvalue weighted by Gasteiger charge is -2.15. The quantitative estimate of drug-likeness (QED) is 0.830. The molecule has 0 aliphatic carbocycles. The van der Waals surface area contributed by atoms with Crippen LogP contribution in [0.5, 0.6) is 0 Å². The molecule has 0 saturated heterocycles. The summed E-state index contributed by atoms with van der Waals surface area (Å²) in [5.74, 6) is -1.74. The van der Waals surface area contributed by atoms with Crippen molar-refractivity contribution in [1.29, 1.82) is 5.26 Å². The number of nitrogens with zero attached hydrogens (tertiary/aromatic N) is 2. The number of hydrogen-bond donors (Lipinski definition) is 2. The van der Waals surface area contributed by atoms with Crippen LogP contribution in [0.15, 0.2) is 12.1 Å². The average molecular weight is 289 g/mol. The fourth-order valence-corrected chi connectivity index (χ4v) is 1.95. The molecule has 1 rings (SSSR count). The van der Waals surface area contributed by atoms with Crippen molar-refractivity contribution in [3.8, 4) is 6.07 Å². The molecule has 6 nitrogen and oxygen atoms in total. The Bertz CT molecular complexity index is 576. The SMILES string of the molecule is Cc1nc(C(=O)NCC(CC(C)C)C(=O)O)ccc1C#N. The van der Waals surface area contributed by atoms with Crippen LogP contribution < -0.4 is 5.32 Å². The Labute approximate surface area is 123 Å². The normalized spacial score (nSPS) is 11.8. The fraction of sp³-hybridized carbons (Fsp3) is 0.467. The summed E-state index contributed by atoms with van der Waals surface area (Å²) in [6.07, 6.45) is 0.495. The molecule has 6 heteroatoms. The van der Waals surface area contributed by atoms with E-state index in [0.29, 0.717) is 17.7 Å². The van der Waals surface area contributed by atoms with Crippen molar-refractivity contribution >= 4 is 11.9 Å². The second kappa shape index (κ2) is 7.39. The molecule has 0 aromatic carbocycles. The summed E-state index contributed by atoms with van der Waals surface area (Å²) in [4.78, 5) is 27.1. The Morgan fingerprint density at radius 3 is 2.57 bits per heavy atom. The van der Waals surface area contributed by atoms with Gasteiger partial charge in [0.05, 0.1) is 17.2 Å². The maximum Gasteiger partial charge on any atom is 0.308 e. The van der Waals surface area contributed by atoms with Crippen molar-refractivity contribution in [2.75, 3.05) is 6.54 Å². The summed E-state index contributed by atoms with van der Waals surface area (Å²) >= 11 is 0. The van der Waals surface area contributed by atoms with Gasteiger partial charge < -0.3 is 10.4 Å². The van der Waals surface area contributed by atoms with Gasteiger partial charge >= 0.3 is 5.97 Å². The van der Waals surface area contributed by atoms with Crippen LogP contribution in [0, 0.1) is 30.1 Å². The molecule has 0 saturated carbocycles. The highest BCUT2D eigenvalue weighted by atomic mass is 16.4. The van der Waals surface area contributed by atoms with Crippen molar-refractivity contribution < 1.29 is 14.7 Å². The predicted molar refractivity (Wildman–Crippen MR) is 76.6 cm³/mol. The van der Waals surface area contributed by atoms with Gasteiger partial charge in [0.15, 0.2) is 0 Å². The van der Waals surface area contributed by atoms with E-state index in [1.165, 1.54) is 12.1 Å². The van der Waals surface area contributed by atoms with Crippen LogP contribution in [-0.2, 0) is 4.79 Å². The van der Waals surface area contributed by atoms with E-state index in [9.17, 15) is 9.59 Å². The molecule has 1 unspecified atom stereocenters. The van der Waals surface area contributed by atoms with Gasteiger partial charge in [-0.2, -0.15) is 5.26 Å². The van der Waals surface area contributed by atoms with E-state index in [2.05, 4.69) is 10.3 Å². The zero-order valence-electron chi connectivity index (χ0n) is 12.4. The monoisotopic (exact) mass is 289 g/mol. The lowest BCUT2D eigenvalue weighted by Crippen LogP contribution is -2.34. The number of rotatable bonds is 6. The largest absolute Gasteiger partial charge is 0.481 e. The molecule has 1 heterocycles. The summed E-state index contributed by atoms with van der Waals surface area (Å²) in [5.41, 5.74) is 1.07. The summed E-state index contributed by atoms with van der Waals surface area (Å²) < 4.78 is 0. The van der Waals surface area contributed by atoms with Gasteiger partial charge in [0, 0.05) is 6.54 Å². The third-order valence-corrected chi connectivity index (χ3v) is 3.05. The minimum absolute atomic E-state index is 0.0626. The Balaban J connectivity index is 2.70. The van der Waals surface area contributed by atoms with E-state index in [4.69, 9.17) is 10.4 Å². The van der Waals surface area contributed by atoms with Crippen LogP contribution in [0.2, 0.25) is 0 Å². The van der Waals surface area contributed by atoms with Crippen molar-refractivity contribution in [2.24, 2.45) is 11.8 Å². The Hall–Kier alpha value is -2.42. The first-order valence-electron chi connectivity index (χ1n) is 6.74. The van der Waals surface area contributed by atoms with Crippen LogP contribution in [-0.4, -0.2) is 28.5 Å². The molecule has 1 aromatic heterocycles. The van der Waals surface area contributed by atoms with Gasteiger partial charge in [-0.25, -0.2) is 4.98 Å². The number of nitrogens with one attached hydrogen (secondary N) is 1. The predicted octanol–water partition coefficient (Wildman–Crippen LogP) is 1.74. The highest BCUT2D eigenvalue weighted by molar-refractivity contribution is 5.92. The number of carboxylic acid groups (broad SMARTS) is 1. The molecule has 1 atom stereocenters. The van der Waals surface area contributed by atoms with E-state index in [-0.39, 0.29) is 18.2 Å².